The molecule has 0 aliphatic carbocycles. The fourth-order valence-electron chi connectivity index (χ4n) is 2.32. The normalized spacial score (nSPS) is 22.2. The zero-order valence-electron chi connectivity index (χ0n) is 11.3. The topological polar surface area (TPSA) is 83.7 Å². The van der Waals surface area contributed by atoms with Gasteiger partial charge in [0.05, 0.1) is 26.6 Å². The van der Waals surface area contributed by atoms with Crippen LogP contribution in [-0.2, 0) is 0 Å². The second kappa shape index (κ2) is 6.17. The first-order valence-corrected chi connectivity index (χ1v) is 7.17. The summed E-state index contributed by atoms with van der Waals surface area (Å²) in [5, 5.41) is 20.5. The lowest BCUT2D eigenvalue weighted by atomic mass is 9.96. The molecule has 21 heavy (non-hydrogen) atoms. The summed E-state index contributed by atoms with van der Waals surface area (Å²) < 4.78 is 0. The van der Waals surface area contributed by atoms with E-state index in [0.717, 1.165) is 12.1 Å². The highest BCUT2D eigenvalue weighted by molar-refractivity contribution is 6.44. The molecule has 1 aliphatic heterocycles. The Hall–Kier alpha value is -1.37. The lowest BCUT2D eigenvalue weighted by Gasteiger charge is -2.34. The molecule has 1 N–H and O–H groups in total. The number of amides is 1. The number of carbonyl (C=O) groups is 1. The molecule has 1 amide bonds. The first-order chi connectivity index (χ1) is 9.81. The molecule has 8 heteroatoms. The van der Waals surface area contributed by atoms with Crippen LogP contribution in [0.4, 0.5) is 5.69 Å². The van der Waals surface area contributed by atoms with E-state index < -0.39 is 16.9 Å². The third-order valence-electron chi connectivity index (χ3n) is 3.60. The number of halogens is 2. The zero-order chi connectivity index (χ0) is 15.7. The van der Waals surface area contributed by atoms with Gasteiger partial charge in [0.1, 0.15) is 0 Å². The Balaban J connectivity index is 2.33. The van der Waals surface area contributed by atoms with E-state index in [0.29, 0.717) is 19.5 Å². The van der Waals surface area contributed by atoms with Gasteiger partial charge in [0, 0.05) is 25.2 Å². The van der Waals surface area contributed by atoms with Gasteiger partial charge in [0.2, 0.25) is 0 Å². The predicted molar refractivity (Wildman–Crippen MR) is 78.8 cm³/mol. The van der Waals surface area contributed by atoms with Gasteiger partial charge in [-0.25, -0.2) is 0 Å². The van der Waals surface area contributed by atoms with Gasteiger partial charge in [-0.1, -0.05) is 30.1 Å². The van der Waals surface area contributed by atoms with Crippen molar-refractivity contribution in [1.29, 1.82) is 0 Å². The number of nitrogens with zero attached hydrogens (tertiary/aromatic N) is 2. The molecule has 0 bridgehead atoms. The molecule has 0 spiro atoms. The molecule has 0 aromatic heterocycles. The number of aliphatic hydroxyl groups excluding tert-OH is 1. The average molecular weight is 333 g/mol. The minimum absolute atomic E-state index is 0.00559. The molecule has 1 fully saturated rings. The number of non-ortho nitro benzene ring substituents is 1. The van der Waals surface area contributed by atoms with Crippen LogP contribution in [0.5, 0.6) is 0 Å². The molecule has 114 valence electrons. The van der Waals surface area contributed by atoms with Crippen molar-refractivity contribution >= 4 is 34.8 Å². The van der Waals surface area contributed by atoms with Crippen LogP contribution in [-0.4, -0.2) is 40.0 Å². The second-order valence-corrected chi connectivity index (χ2v) is 5.92. The number of likely N-dealkylation sites (tertiary alicyclic amines) is 1. The highest BCUT2D eigenvalue weighted by Gasteiger charge is 2.30. The molecule has 0 radical (unpaired) electrons. The molecule has 2 rings (SSSR count). The van der Waals surface area contributed by atoms with E-state index in [1.165, 1.54) is 4.90 Å². The van der Waals surface area contributed by atoms with Crippen molar-refractivity contribution in [2.24, 2.45) is 5.92 Å². The predicted octanol–water partition coefficient (Wildman–Crippen LogP) is 2.74. The van der Waals surface area contributed by atoms with Gasteiger partial charge < -0.3 is 10.0 Å². The summed E-state index contributed by atoms with van der Waals surface area (Å²) in [5.41, 5.74) is -0.266. The highest BCUT2D eigenvalue weighted by Crippen LogP contribution is 2.32. The van der Waals surface area contributed by atoms with Crippen LogP contribution >= 0.6 is 23.2 Å². The third-order valence-corrected chi connectivity index (χ3v) is 4.40. The van der Waals surface area contributed by atoms with Gasteiger partial charge in [0.15, 0.2) is 0 Å². The second-order valence-electron chi connectivity index (χ2n) is 5.13. The summed E-state index contributed by atoms with van der Waals surface area (Å²) >= 11 is 11.8. The lowest BCUT2D eigenvalue weighted by molar-refractivity contribution is -0.384. The fourth-order valence-corrected chi connectivity index (χ4v) is 2.73. The van der Waals surface area contributed by atoms with Crippen LogP contribution in [0.15, 0.2) is 12.1 Å². The first-order valence-electron chi connectivity index (χ1n) is 6.42. The van der Waals surface area contributed by atoms with Gasteiger partial charge in [-0.15, -0.1) is 0 Å². The van der Waals surface area contributed by atoms with E-state index in [9.17, 15) is 20.0 Å². The highest BCUT2D eigenvalue weighted by atomic mass is 35.5. The van der Waals surface area contributed by atoms with E-state index in [1.807, 2.05) is 6.92 Å². The number of aliphatic hydroxyl groups is 1. The van der Waals surface area contributed by atoms with E-state index in [4.69, 9.17) is 23.2 Å². The summed E-state index contributed by atoms with van der Waals surface area (Å²) in [6.07, 6.45) is 0.0194. The maximum Gasteiger partial charge on any atom is 0.271 e. The molecule has 1 heterocycles. The summed E-state index contributed by atoms with van der Waals surface area (Å²) in [6.45, 7) is 2.59. The molecule has 1 aromatic carbocycles. The Labute approximate surface area is 131 Å². The van der Waals surface area contributed by atoms with Crippen molar-refractivity contribution in [3.63, 3.8) is 0 Å². The molecule has 1 aliphatic rings. The molecule has 1 aromatic rings. The lowest BCUT2D eigenvalue weighted by Crippen LogP contribution is -2.45. The van der Waals surface area contributed by atoms with Crippen molar-refractivity contribution in [1.82, 2.24) is 4.90 Å². The van der Waals surface area contributed by atoms with E-state index in [2.05, 4.69) is 0 Å². The summed E-state index contributed by atoms with van der Waals surface area (Å²) in [5.74, 6) is -0.472. The SMILES string of the molecule is CC1CN(C(=O)c2cc([N+](=O)[O-])cc(Cl)c2Cl)CCC1O. The Morgan fingerprint density at radius 2 is 2.14 bits per heavy atom. The van der Waals surface area contributed by atoms with Crippen LogP contribution in [0, 0.1) is 16.0 Å². The maximum atomic E-state index is 12.5. The van der Waals surface area contributed by atoms with Gasteiger partial charge >= 0.3 is 0 Å². The number of hydrogen-bond donors (Lipinski definition) is 1. The average Bonchev–Trinajstić information content (AvgIpc) is 2.43. The van der Waals surface area contributed by atoms with Crippen molar-refractivity contribution in [3.05, 3.63) is 37.9 Å². The van der Waals surface area contributed by atoms with E-state index in [1.54, 1.807) is 0 Å². The Kier molecular flexibility index (Phi) is 4.70. The molecular weight excluding hydrogens is 319 g/mol. The van der Waals surface area contributed by atoms with Crippen molar-refractivity contribution < 1.29 is 14.8 Å². The fraction of sp³-hybridized carbons (Fsp3) is 0.462. The van der Waals surface area contributed by atoms with Crippen molar-refractivity contribution in [2.75, 3.05) is 13.1 Å². The number of nitro benzene ring substituents is 1. The number of benzene rings is 1. The van der Waals surface area contributed by atoms with Gasteiger partial charge in [-0.05, 0) is 12.3 Å². The molecule has 0 saturated carbocycles. The molecule has 1 saturated heterocycles. The van der Waals surface area contributed by atoms with E-state index in [-0.39, 0.29) is 27.2 Å². The largest absolute Gasteiger partial charge is 0.393 e. The Morgan fingerprint density at radius 3 is 2.71 bits per heavy atom. The minimum atomic E-state index is -0.623. The van der Waals surface area contributed by atoms with Crippen molar-refractivity contribution in [3.8, 4) is 0 Å². The maximum absolute atomic E-state index is 12.5. The van der Waals surface area contributed by atoms with Gasteiger partial charge in [-0.3, -0.25) is 14.9 Å². The van der Waals surface area contributed by atoms with Crippen LogP contribution in [0.25, 0.3) is 0 Å². The van der Waals surface area contributed by atoms with E-state index >= 15 is 0 Å². The van der Waals surface area contributed by atoms with Crippen LogP contribution in [0.3, 0.4) is 0 Å². The van der Waals surface area contributed by atoms with Crippen LogP contribution in [0.2, 0.25) is 10.0 Å². The third kappa shape index (κ3) is 3.28. The standard InChI is InChI=1S/C13H14Cl2N2O4/c1-7-6-16(3-2-11(7)18)13(19)9-4-8(17(20)21)5-10(14)12(9)15/h4-5,7,11,18H,2-3,6H2,1H3. The smallest absolute Gasteiger partial charge is 0.271 e. The van der Waals surface area contributed by atoms with Gasteiger partial charge in [0.25, 0.3) is 11.6 Å². The summed E-state index contributed by atoms with van der Waals surface area (Å²) in [7, 11) is 0. The number of rotatable bonds is 2. The summed E-state index contributed by atoms with van der Waals surface area (Å²) in [6, 6.07) is 2.25. The van der Waals surface area contributed by atoms with Crippen LogP contribution in [0.1, 0.15) is 23.7 Å². The van der Waals surface area contributed by atoms with Gasteiger partial charge in [-0.2, -0.15) is 0 Å². The molecule has 6 nitrogen and oxygen atoms in total. The Bertz CT molecular complexity index is 594. The minimum Gasteiger partial charge on any atom is -0.393 e. The summed E-state index contributed by atoms with van der Waals surface area (Å²) in [4.78, 5) is 24.2. The molecule has 2 atom stereocenters. The monoisotopic (exact) mass is 332 g/mol. The zero-order valence-corrected chi connectivity index (χ0v) is 12.8. The molecule has 2 unspecified atom stereocenters. The number of piperidine rings is 1. The first kappa shape index (κ1) is 16.0. The van der Waals surface area contributed by atoms with Crippen molar-refractivity contribution in [2.45, 2.75) is 19.4 Å². The quantitative estimate of drug-likeness (QED) is 0.666. The Morgan fingerprint density at radius 1 is 1.48 bits per heavy atom. The number of nitro groups is 1. The molecular formula is C13H14Cl2N2O4. The van der Waals surface area contributed by atoms with Crippen LogP contribution < -0.4 is 0 Å². The number of carbonyl (C=O) groups excluding carboxylic acids is 1. The number of hydrogen-bond acceptors (Lipinski definition) is 4.